The number of hydrogen-bond acceptors (Lipinski definition) is 3. The van der Waals surface area contributed by atoms with Gasteiger partial charge < -0.3 is 4.42 Å². The van der Waals surface area contributed by atoms with Crippen molar-refractivity contribution >= 4 is 43.6 Å². The Morgan fingerprint density at radius 1 is 0.410 bits per heavy atom. The van der Waals surface area contributed by atoms with Gasteiger partial charge in [0.2, 0.25) is 0 Å². The van der Waals surface area contributed by atoms with Gasteiger partial charge in [-0.3, -0.25) is 0 Å². The second-order valence-corrected chi connectivity index (χ2v) is 9.80. The molecule has 8 aromatic rings. The van der Waals surface area contributed by atoms with Crippen molar-refractivity contribution in [2.24, 2.45) is 0 Å². The van der Waals surface area contributed by atoms with Gasteiger partial charge in [-0.05, 0) is 34.7 Å². The number of furan rings is 1. The smallest absolute Gasteiger partial charge is 0.161 e. The molecule has 0 amide bonds. The summed E-state index contributed by atoms with van der Waals surface area (Å²) in [6.45, 7) is 0. The summed E-state index contributed by atoms with van der Waals surface area (Å²) in [6, 6.07) is 46.1. The summed E-state index contributed by atoms with van der Waals surface area (Å²) < 4.78 is 6.33. The molecule has 0 bridgehead atoms. The summed E-state index contributed by atoms with van der Waals surface area (Å²) in [6.07, 6.45) is 0. The molecule has 0 saturated carbocycles. The van der Waals surface area contributed by atoms with Crippen LogP contribution in [-0.4, -0.2) is 9.97 Å². The lowest BCUT2D eigenvalue weighted by atomic mass is 9.99. The minimum Gasteiger partial charge on any atom is -0.455 e. The highest BCUT2D eigenvalue weighted by Gasteiger charge is 2.16. The van der Waals surface area contributed by atoms with Gasteiger partial charge in [0.1, 0.15) is 11.2 Å². The maximum atomic E-state index is 6.33. The van der Waals surface area contributed by atoms with Gasteiger partial charge >= 0.3 is 0 Å². The van der Waals surface area contributed by atoms with E-state index in [1.165, 1.54) is 11.1 Å². The van der Waals surface area contributed by atoms with Gasteiger partial charge in [-0.1, -0.05) is 115 Å². The van der Waals surface area contributed by atoms with E-state index >= 15 is 0 Å². The van der Waals surface area contributed by atoms with Crippen molar-refractivity contribution in [2.75, 3.05) is 0 Å². The van der Waals surface area contributed by atoms with Crippen molar-refractivity contribution in [3.8, 4) is 33.8 Å². The highest BCUT2D eigenvalue weighted by Crippen LogP contribution is 2.38. The Bertz CT molecular complexity index is 2160. The third-order valence-electron chi connectivity index (χ3n) is 7.51. The second kappa shape index (κ2) is 8.64. The molecule has 0 N–H and O–H groups in total. The molecule has 0 saturated heterocycles. The van der Waals surface area contributed by atoms with Gasteiger partial charge in [-0.25, -0.2) is 9.97 Å². The fraction of sp³-hybridized carbons (Fsp3) is 0. The van der Waals surface area contributed by atoms with Crippen molar-refractivity contribution in [3.63, 3.8) is 0 Å². The molecule has 2 heterocycles. The van der Waals surface area contributed by atoms with Crippen LogP contribution in [0.3, 0.4) is 0 Å². The molecule has 0 spiro atoms. The van der Waals surface area contributed by atoms with E-state index in [0.717, 1.165) is 60.4 Å². The average Bonchev–Trinajstić information content (AvgIpc) is 3.40. The van der Waals surface area contributed by atoms with Crippen LogP contribution in [0.25, 0.3) is 77.4 Å². The van der Waals surface area contributed by atoms with Crippen LogP contribution in [0.15, 0.2) is 138 Å². The first kappa shape index (κ1) is 21.8. The van der Waals surface area contributed by atoms with E-state index in [1.54, 1.807) is 0 Å². The summed E-state index contributed by atoms with van der Waals surface area (Å²) >= 11 is 0. The van der Waals surface area contributed by atoms with Crippen LogP contribution in [0, 0.1) is 0 Å². The molecule has 3 heteroatoms. The number of hydrogen-bond donors (Lipinski definition) is 0. The summed E-state index contributed by atoms with van der Waals surface area (Å²) in [7, 11) is 0. The third kappa shape index (κ3) is 3.52. The molecule has 6 aromatic carbocycles. The minimum absolute atomic E-state index is 0.705. The topological polar surface area (TPSA) is 38.9 Å². The molecule has 0 aliphatic heterocycles. The van der Waals surface area contributed by atoms with Gasteiger partial charge in [0.15, 0.2) is 5.82 Å². The highest BCUT2D eigenvalue weighted by atomic mass is 16.3. The van der Waals surface area contributed by atoms with Crippen molar-refractivity contribution < 1.29 is 4.42 Å². The summed E-state index contributed by atoms with van der Waals surface area (Å²) in [5.74, 6) is 0.705. The summed E-state index contributed by atoms with van der Waals surface area (Å²) in [5, 5.41) is 5.42. The SMILES string of the molecule is c1ccc(-c2ccc(-c3nc(-c4cccc5c4ccc4c6ccccc6oc54)nc4ccccc34)cc2)cc1. The molecule has 0 atom stereocenters. The monoisotopic (exact) mass is 498 g/mol. The molecule has 182 valence electrons. The Morgan fingerprint density at radius 3 is 1.92 bits per heavy atom. The van der Waals surface area contributed by atoms with Crippen molar-refractivity contribution in [3.05, 3.63) is 133 Å². The molecule has 0 radical (unpaired) electrons. The lowest BCUT2D eigenvalue weighted by Gasteiger charge is -2.12. The van der Waals surface area contributed by atoms with Crippen LogP contribution in [0.4, 0.5) is 0 Å². The first-order chi connectivity index (χ1) is 19.3. The molecule has 2 aromatic heterocycles. The standard InChI is InChI=1S/C36H22N2O/c1-2-9-23(10-3-1)24-17-19-25(20-18-24)34-31-12-4-6-15-32(31)37-36(38-34)30-14-8-13-28-26(30)21-22-29-27-11-5-7-16-33(27)39-35(28)29/h1-22H. The van der Waals surface area contributed by atoms with Crippen molar-refractivity contribution in [1.82, 2.24) is 9.97 Å². The molecule has 3 nitrogen and oxygen atoms in total. The second-order valence-electron chi connectivity index (χ2n) is 9.80. The zero-order valence-corrected chi connectivity index (χ0v) is 21.0. The predicted octanol–water partition coefficient (Wildman–Crippen LogP) is 9.68. The van der Waals surface area contributed by atoms with E-state index in [9.17, 15) is 0 Å². The number of benzene rings is 6. The zero-order valence-electron chi connectivity index (χ0n) is 21.0. The van der Waals surface area contributed by atoms with E-state index in [4.69, 9.17) is 14.4 Å². The number of fused-ring (bicyclic) bond motifs is 6. The van der Waals surface area contributed by atoms with Crippen LogP contribution in [0.5, 0.6) is 0 Å². The molecule has 0 aliphatic carbocycles. The molecule has 0 aliphatic rings. The van der Waals surface area contributed by atoms with Gasteiger partial charge in [0.05, 0.1) is 11.2 Å². The summed E-state index contributed by atoms with van der Waals surface area (Å²) in [5.41, 5.74) is 8.08. The van der Waals surface area contributed by atoms with E-state index in [-0.39, 0.29) is 0 Å². The van der Waals surface area contributed by atoms with E-state index in [2.05, 4.69) is 103 Å². The van der Waals surface area contributed by atoms with Gasteiger partial charge in [0, 0.05) is 32.7 Å². The molecule has 0 unspecified atom stereocenters. The van der Waals surface area contributed by atoms with E-state index < -0.39 is 0 Å². The first-order valence-corrected chi connectivity index (χ1v) is 13.1. The molecule has 0 fully saturated rings. The average molecular weight is 499 g/mol. The van der Waals surface area contributed by atoms with Gasteiger partial charge in [-0.15, -0.1) is 0 Å². The Kier molecular flexibility index (Phi) is 4.82. The van der Waals surface area contributed by atoms with Crippen LogP contribution in [0.2, 0.25) is 0 Å². The van der Waals surface area contributed by atoms with Crippen molar-refractivity contribution in [1.29, 1.82) is 0 Å². The zero-order chi connectivity index (χ0) is 25.8. The van der Waals surface area contributed by atoms with Crippen LogP contribution >= 0.6 is 0 Å². The molecular formula is C36H22N2O. The van der Waals surface area contributed by atoms with Gasteiger partial charge in [-0.2, -0.15) is 0 Å². The lowest BCUT2D eigenvalue weighted by Crippen LogP contribution is -1.96. The number of para-hydroxylation sites is 2. The quantitative estimate of drug-likeness (QED) is 0.243. The largest absolute Gasteiger partial charge is 0.455 e. The normalized spacial score (nSPS) is 11.6. The first-order valence-electron chi connectivity index (χ1n) is 13.1. The molecule has 8 rings (SSSR count). The Balaban J connectivity index is 1.33. The predicted molar refractivity (Wildman–Crippen MR) is 161 cm³/mol. The third-order valence-corrected chi connectivity index (χ3v) is 7.51. The number of nitrogens with zero attached hydrogens (tertiary/aromatic N) is 2. The fourth-order valence-electron chi connectivity index (χ4n) is 5.60. The number of rotatable bonds is 3. The fourth-order valence-corrected chi connectivity index (χ4v) is 5.60. The Labute approximate surface area is 225 Å². The van der Waals surface area contributed by atoms with E-state index in [0.29, 0.717) is 5.82 Å². The van der Waals surface area contributed by atoms with Crippen LogP contribution < -0.4 is 0 Å². The van der Waals surface area contributed by atoms with Crippen LogP contribution in [-0.2, 0) is 0 Å². The van der Waals surface area contributed by atoms with E-state index in [1.807, 2.05) is 30.3 Å². The van der Waals surface area contributed by atoms with Crippen molar-refractivity contribution in [2.45, 2.75) is 0 Å². The maximum absolute atomic E-state index is 6.33. The maximum Gasteiger partial charge on any atom is 0.161 e. The van der Waals surface area contributed by atoms with Gasteiger partial charge in [0.25, 0.3) is 0 Å². The highest BCUT2D eigenvalue weighted by molar-refractivity contribution is 6.17. The Morgan fingerprint density at radius 2 is 1.05 bits per heavy atom. The summed E-state index contributed by atoms with van der Waals surface area (Å²) in [4.78, 5) is 10.2. The Hall–Kier alpha value is -5.28. The molecular weight excluding hydrogens is 476 g/mol. The van der Waals surface area contributed by atoms with Crippen LogP contribution in [0.1, 0.15) is 0 Å². The minimum atomic E-state index is 0.705. The molecule has 39 heavy (non-hydrogen) atoms. The lowest BCUT2D eigenvalue weighted by molar-refractivity contribution is 0.672. The number of aromatic nitrogens is 2.